The number of nitrogens with one attached hydrogen (secondary N) is 2. The fourth-order valence-electron chi connectivity index (χ4n) is 5.10. The molecule has 0 bridgehead atoms. The third-order valence-electron chi connectivity index (χ3n) is 6.45. The van der Waals surface area contributed by atoms with Crippen molar-refractivity contribution in [3.8, 4) is 0 Å². The maximum absolute atomic E-state index is 12.6. The highest BCUT2D eigenvalue weighted by Gasteiger charge is 2.41. The summed E-state index contributed by atoms with van der Waals surface area (Å²) >= 11 is 0. The lowest BCUT2D eigenvalue weighted by atomic mass is 9.72. The number of amides is 2. The minimum absolute atomic E-state index is 0.00302. The number of urea groups is 1. The summed E-state index contributed by atoms with van der Waals surface area (Å²) in [6.07, 6.45) is 3.66. The third-order valence-corrected chi connectivity index (χ3v) is 6.45. The Morgan fingerprint density at radius 1 is 1.32 bits per heavy atom. The maximum Gasteiger partial charge on any atom is 0.335 e. The number of fused-ring (bicyclic) bond motifs is 2. The number of likely N-dealkylation sites (N-methyl/N-ethyl adjacent to an activating group) is 1. The van der Waals surface area contributed by atoms with Gasteiger partial charge in [-0.2, -0.15) is 0 Å². The lowest BCUT2D eigenvalue weighted by molar-refractivity contribution is 0.0690. The number of piperidine rings is 1. The highest BCUT2D eigenvalue weighted by atomic mass is 16.4. The minimum Gasteiger partial charge on any atom is -0.478 e. The molecule has 1 aromatic carbocycles. The second-order valence-corrected chi connectivity index (χ2v) is 7.94. The second-order valence-electron chi connectivity index (χ2n) is 7.94. The zero-order valence-corrected chi connectivity index (χ0v) is 16.7. The number of carbonyl (C=O) groups excluding carboxylic acids is 1. The average molecular weight is 384 g/mol. The van der Waals surface area contributed by atoms with Crippen LogP contribution in [0.5, 0.6) is 0 Å². The summed E-state index contributed by atoms with van der Waals surface area (Å²) in [6.45, 7) is 6.06. The van der Waals surface area contributed by atoms with Gasteiger partial charge in [0.05, 0.1) is 5.56 Å². The van der Waals surface area contributed by atoms with Crippen LogP contribution in [0.1, 0.15) is 47.7 Å². The van der Waals surface area contributed by atoms with Crippen LogP contribution < -0.4 is 5.32 Å². The number of aromatic amines is 1. The van der Waals surface area contributed by atoms with E-state index in [1.54, 1.807) is 11.0 Å². The summed E-state index contributed by atoms with van der Waals surface area (Å²) in [5.74, 6) is -0.805. The van der Waals surface area contributed by atoms with Crippen molar-refractivity contribution < 1.29 is 14.7 Å². The topological polar surface area (TPSA) is 88.7 Å². The quantitative estimate of drug-likeness (QED) is 0.756. The molecule has 2 aliphatic rings. The zero-order chi connectivity index (χ0) is 20.0. The molecule has 1 aliphatic heterocycles. The molecular formula is C21H28N4O3. The van der Waals surface area contributed by atoms with Gasteiger partial charge in [0.15, 0.2) is 0 Å². The molecule has 0 radical (unpaired) electrons. The molecule has 1 unspecified atom stereocenters. The first-order valence-corrected chi connectivity index (χ1v) is 10.1. The fourth-order valence-corrected chi connectivity index (χ4v) is 5.10. The Morgan fingerprint density at radius 2 is 2.07 bits per heavy atom. The van der Waals surface area contributed by atoms with Crippen LogP contribution in [0.3, 0.4) is 0 Å². The Kier molecular flexibility index (Phi) is 4.79. The van der Waals surface area contributed by atoms with Crippen molar-refractivity contribution in [2.45, 2.75) is 44.7 Å². The van der Waals surface area contributed by atoms with Crippen LogP contribution in [-0.2, 0) is 6.42 Å². The van der Waals surface area contributed by atoms with Crippen molar-refractivity contribution in [1.82, 2.24) is 20.1 Å². The molecule has 1 aromatic heterocycles. The molecule has 3 atom stereocenters. The number of hydrogen-bond acceptors (Lipinski definition) is 3. The largest absolute Gasteiger partial charge is 0.478 e. The Hall–Kier alpha value is -2.54. The summed E-state index contributed by atoms with van der Waals surface area (Å²) in [7, 11) is 2.08. The number of likely N-dealkylation sites (tertiary alicyclic amines) is 1. The lowest BCUT2D eigenvalue weighted by Crippen LogP contribution is -2.56. The number of H-pyrrole nitrogens is 1. The highest BCUT2D eigenvalue weighted by Crippen LogP contribution is 2.44. The number of nitrogens with zero attached hydrogens (tertiary/aromatic N) is 2. The second kappa shape index (κ2) is 7.13. The standard InChI is InChI=1S/C21H28N4O3/c1-4-25(5-2)21(28)23-13-9-15-17(24(3)11-13)8-12-10-22-16-7-6-14(20(26)27)19(15)18(12)16/h6-7,10,13,15,17,22H,4-5,8-9,11H2,1-3H3,(H,23,28)(H,26,27)/t13-,15?,17+/m0/s1. The highest BCUT2D eigenvalue weighted by molar-refractivity contribution is 5.99. The Morgan fingerprint density at radius 3 is 2.75 bits per heavy atom. The number of aromatic carboxylic acids is 1. The van der Waals surface area contributed by atoms with E-state index in [0.717, 1.165) is 35.9 Å². The van der Waals surface area contributed by atoms with Crippen molar-refractivity contribution >= 4 is 22.9 Å². The number of carboxylic acids is 1. The number of aromatic nitrogens is 1. The molecule has 1 fully saturated rings. The van der Waals surface area contributed by atoms with Crippen molar-refractivity contribution in [3.05, 3.63) is 35.0 Å². The van der Waals surface area contributed by atoms with Gasteiger partial charge in [-0.15, -0.1) is 0 Å². The molecule has 28 heavy (non-hydrogen) atoms. The molecule has 4 rings (SSSR count). The summed E-state index contributed by atoms with van der Waals surface area (Å²) in [5, 5.41) is 14.0. The monoisotopic (exact) mass is 384 g/mol. The van der Waals surface area contributed by atoms with Gasteiger partial charge in [-0.1, -0.05) is 0 Å². The van der Waals surface area contributed by atoms with E-state index in [1.165, 1.54) is 5.56 Å². The summed E-state index contributed by atoms with van der Waals surface area (Å²) in [5.41, 5.74) is 3.48. The van der Waals surface area contributed by atoms with Crippen LogP contribution in [0, 0.1) is 0 Å². The molecule has 2 aromatic rings. The molecule has 150 valence electrons. The minimum atomic E-state index is -0.887. The fraction of sp³-hybridized carbons (Fsp3) is 0.524. The first kappa shape index (κ1) is 18.8. The van der Waals surface area contributed by atoms with Gasteiger partial charge in [0.25, 0.3) is 0 Å². The molecule has 2 amide bonds. The van der Waals surface area contributed by atoms with Gasteiger partial charge in [0.1, 0.15) is 0 Å². The summed E-state index contributed by atoms with van der Waals surface area (Å²) in [6, 6.07) is 3.76. The van der Waals surface area contributed by atoms with Crippen LogP contribution in [-0.4, -0.2) is 70.7 Å². The van der Waals surface area contributed by atoms with Gasteiger partial charge in [0, 0.05) is 54.7 Å². The van der Waals surface area contributed by atoms with E-state index >= 15 is 0 Å². The number of carbonyl (C=O) groups is 2. The van der Waals surface area contributed by atoms with E-state index in [-0.39, 0.29) is 24.0 Å². The normalized spacial score (nSPS) is 24.0. The van der Waals surface area contributed by atoms with Gasteiger partial charge in [0.2, 0.25) is 0 Å². The van der Waals surface area contributed by atoms with E-state index in [2.05, 4.69) is 22.2 Å². The van der Waals surface area contributed by atoms with E-state index in [1.807, 2.05) is 26.1 Å². The van der Waals surface area contributed by atoms with Crippen LogP contribution in [0.25, 0.3) is 10.9 Å². The number of benzene rings is 1. The van der Waals surface area contributed by atoms with E-state index in [0.29, 0.717) is 18.7 Å². The summed E-state index contributed by atoms with van der Waals surface area (Å²) < 4.78 is 0. The van der Waals surface area contributed by atoms with Gasteiger partial charge >= 0.3 is 12.0 Å². The predicted molar refractivity (Wildman–Crippen MR) is 108 cm³/mol. The number of hydrogen-bond donors (Lipinski definition) is 3. The van der Waals surface area contributed by atoms with Crippen molar-refractivity contribution in [2.24, 2.45) is 0 Å². The average Bonchev–Trinajstić information content (AvgIpc) is 3.07. The zero-order valence-electron chi connectivity index (χ0n) is 16.7. The van der Waals surface area contributed by atoms with Crippen molar-refractivity contribution in [3.63, 3.8) is 0 Å². The van der Waals surface area contributed by atoms with Crippen LogP contribution in [0.15, 0.2) is 18.3 Å². The molecule has 0 spiro atoms. The first-order valence-electron chi connectivity index (χ1n) is 10.1. The molecule has 1 saturated heterocycles. The van der Waals surface area contributed by atoms with Gasteiger partial charge < -0.3 is 25.2 Å². The number of rotatable bonds is 4. The number of carboxylic acid groups (broad SMARTS) is 1. The molecule has 7 nitrogen and oxygen atoms in total. The third kappa shape index (κ3) is 2.94. The van der Waals surface area contributed by atoms with Crippen LogP contribution in [0.4, 0.5) is 4.79 Å². The van der Waals surface area contributed by atoms with Gasteiger partial charge in [-0.25, -0.2) is 9.59 Å². The Balaban J connectivity index is 1.70. The molecule has 1 aliphatic carbocycles. The predicted octanol–water partition coefficient (Wildman–Crippen LogP) is 2.63. The van der Waals surface area contributed by atoms with Gasteiger partial charge in [-0.05, 0) is 57.0 Å². The van der Waals surface area contributed by atoms with E-state index in [9.17, 15) is 14.7 Å². The van der Waals surface area contributed by atoms with E-state index in [4.69, 9.17) is 0 Å². The SMILES string of the molecule is CCN(CC)C(=O)N[C@H]1CC2c3c(C(=O)O)ccc4[nH]cc(c34)C[C@H]2N(C)C1. The molecule has 0 saturated carbocycles. The molecule has 7 heteroatoms. The van der Waals surface area contributed by atoms with Crippen LogP contribution >= 0.6 is 0 Å². The van der Waals surface area contributed by atoms with Gasteiger partial charge in [-0.3, -0.25) is 0 Å². The first-order chi connectivity index (χ1) is 13.4. The smallest absolute Gasteiger partial charge is 0.335 e. The van der Waals surface area contributed by atoms with E-state index < -0.39 is 5.97 Å². The lowest BCUT2D eigenvalue weighted by Gasteiger charge is -2.46. The summed E-state index contributed by atoms with van der Waals surface area (Å²) in [4.78, 5) is 31.9. The Labute approximate surface area is 164 Å². The van der Waals surface area contributed by atoms with Crippen molar-refractivity contribution in [1.29, 1.82) is 0 Å². The maximum atomic E-state index is 12.6. The molecular weight excluding hydrogens is 356 g/mol. The van der Waals surface area contributed by atoms with Crippen molar-refractivity contribution in [2.75, 3.05) is 26.7 Å². The Bertz CT molecular complexity index is 918. The van der Waals surface area contributed by atoms with Crippen LogP contribution in [0.2, 0.25) is 0 Å². The molecule has 2 heterocycles. The molecule has 3 N–H and O–H groups in total.